The molecule has 1 heterocycles. The summed E-state index contributed by atoms with van der Waals surface area (Å²) >= 11 is 0. The maximum absolute atomic E-state index is 11.6. The number of fused-ring (bicyclic) bond motifs is 1. The molecule has 1 aliphatic heterocycles. The highest BCUT2D eigenvalue weighted by atomic mass is 32.2. The topological polar surface area (TPSA) is 78.6 Å². The molecule has 0 saturated heterocycles. The van der Waals surface area contributed by atoms with Crippen LogP contribution in [0.1, 0.15) is 5.56 Å². The average molecular weight is 243 g/mol. The van der Waals surface area contributed by atoms with Crippen molar-refractivity contribution < 1.29 is 17.9 Å². The van der Waals surface area contributed by atoms with Gasteiger partial charge in [0, 0.05) is 12.3 Å². The van der Waals surface area contributed by atoms with Crippen LogP contribution in [-0.2, 0) is 16.3 Å². The van der Waals surface area contributed by atoms with Gasteiger partial charge in [0.25, 0.3) is 0 Å². The van der Waals surface area contributed by atoms with E-state index in [-0.39, 0.29) is 11.7 Å². The highest BCUT2D eigenvalue weighted by Crippen LogP contribution is 2.36. The third-order valence-corrected chi connectivity index (χ3v) is 3.55. The predicted octanol–water partition coefficient (Wildman–Crippen LogP) is 0.320. The molecule has 0 atom stereocenters. The van der Waals surface area contributed by atoms with Gasteiger partial charge in [-0.1, -0.05) is 0 Å². The third kappa shape index (κ3) is 1.98. The SMILES string of the molecule is CS(=O)(=O)c1cc2c(cc1CCN)OCO2. The van der Waals surface area contributed by atoms with Crippen LogP contribution in [0.5, 0.6) is 11.5 Å². The Morgan fingerprint density at radius 3 is 2.50 bits per heavy atom. The Hall–Kier alpha value is -1.27. The number of hydrogen-bond donors (Lipinski definition) is 1. The zero-order valence-corrected chi connectivity index (χ0v) is 9.71. The molecular formula is C10H13NO4S. The predicted molar refractivity (Wildman–Crippen MR) is 58.4 cm³/mol. The van der Waals surface area contributed by atoms with Gasteiger partial charge in [0.15, 0.2) is 21.3 Å². The van der Waals surface area contributed by atoms with Crippen molar-refractivity contribution in [3.63, 3.8) is 0 Å². The molecule has 6 heteroatoms. The molecule has 1 aromatic rings. The minimum absolute atomic E-state index is 0.130. The van der Waals surface area contributed by atoms with E-state index in [0.717, 1.165) is 0 Å². The minimum Gasteiger partial charge on any atom is -0.454 e. The molecule has 0 fully saturated rings. The summed E-state index contributed by atoms with van der Waals surface area (Å²) in [4.78, 5) is 0.266. The van der Waals surface area contributed by atoms with Crippen LogP contribution in [0.25, 0.3) is 0 Å². The number of hydrogen-bond acceptors (Lipinski definition) is 5. The molecule has 0 radical (unpaired) electrons. The van der Waals surface area contributed by atoms with Gasteiger partial charge in [0.1, 0.15) is 0 Å². The van der Waals surface area contributed by atoms with E-state index < -0.39 is 9.84 Å². The fourth-order valence-corrected chi connectivity index (χ4v) is 2.62. The molecule has 0 spiro atoms. The fraction of sp³-hybridized carbons (Fsp3) is 0.400. The summed E-state index contributed by atoms with van der Waals surface area (Å²) in [6.07, 6.45) is 1.67. The Bertz CT molecular complexity index is 510. The van der Waals surface area contributed by atoms with Crippen molar-refractivity contribution in [1.82, 2.24) is 0 Å². The number of rotatable bonds is 3. The van der Waals surface area contributed by atoms with Gasteiger partial charge >= 0.3 is 0 Å². The van der Waals surface area contributed by atoms with Gasteiger partial charge < -0.3 is 15.2 Å². The second-order valence-electron chi connectivity index (χ2n) is 3.62. The standard InChI is InChI=1S/C10H13NO4S/c1-16(12,13)10-5-9-8(14-6-15-9)4-7(10)2-3-11/h4-5H,2-3,6,11H2,1H3. The summed E-state index contributed by atoms with van der Waals surface area (Å²) in [5.41, 5.74) is 6.13. The van der Waals surface area contributed by atoms with E-state index in [1.807, 2.05) is 0 Å². The third-order valence-electron chi connectivity index (χ3n) is 2.37. The van der Waals surface area contributed by atoms with Crippen molar-refractivity contribution >= 4 is 9.84 Å². The highest BCUT2D eigenvalue weighted by Gasteiger charge is 2.21. The van der Waals surface area contributed by atoms with Gasteiger partial charge in [-0.2, -0.15) is 0 Å². The smallest absolute Gasteiger partial charge is 0.231 e. The summed E-state index contributed by atoms with van der Waals surface area (Å²) in [5.74, 6) is 1.05. The molecule has 2 N–H and O–H groups in total. The van der Waals surface area contributed by atoms with Crippen LogP contribution in [0.15, 0.2) is 17.0 Å². The summed E-state index contributed by atoms with van der Waals surface area (Å²) in [7, 11) is -3.27. The second-order valence-corrected chi connectivity index (χ2v) is 5.61. The lowest BCUT2D eigenvalue weighted by atomic mass is 10.1. The lowest BCUT2D eigenvalue weighted by Crippen LogP contribution is -2.08. The molecule has 5 nitrogen and oxygen atoms in total. The van der Waals surface area contributed by atoms with E-state index in [2.05, 4.69) is 0 Å². The molecule has 0 aliphatic carbocycles. The Morgan fingerprint density at radius 2 is 1.94 bits per heavy atom. The molecule has 88 valence electrons. The molecule has 0 unspecified atom stereocenters. The van der Waals surface area contributed by atoms with E-state index >= 15 is 0 Å². The summed E-state index contributed by atoms with van der Waals surface area (Å²) in [5, 5.41) is 0. The first-order chi connectivity index (χ1) is 7.52. The van der Waals surface area contributed by atoms with E-state index in [1.165, 1.54) is 12.3 Å². The van der Waals surface area contributed by atoms with Crippen molar-refractivity contribution in [3.05, 3.63) is 17.7 Å². The normalized spacial score (nSPS) is 14.1. The monoisotopic (exact) mass is 243 g/mol. The van der Waals surface area contributed by atoms with Crippen LogP contribution < -0.4 is 15.2 Å². The maximum Gasteiger partial charge on any atom is 0.231 e. The zero-order valence-electron chi connectivity index (χ0n) is 8.89. The summed E-state index contributed by atoms with van der Waals surface area (Å²) in [6.45, 7) is 0.521. The Balaban J connectivity index is 2.57. The Morgan fingerprint density at radius 1 is 1.31 bits per heavy atom. The lowest BCUT2D eigenvalue weighted by Gasteiger charge is -2.08. The van der Waals surface area contributed by atoms with Crippen molar-refractivity contribution in [1.29, 1.82) is 0 Å². The zero-order chi connectivity index (χ0) is 11.8. The first kappa shape index (κ1) is 11.2. The quantitative estimate of drug-likeness (QED) is 0.827. The molecule has 2 rings (SSSR count). The van der Waals surface area contributed by atoms with Crippen molar-refractivity contribution in [2.75, 3.05) is 19.6 Å². The Kier molecular flexibility index (Phi) is 2.77. The van der Waals surface area contributed by atoms with Gasteiger partial charge in [-0.3, -0.25) is 0 Å². The van der Waals surface area contributed by atoms with Crippen molar-refractivity contribution in [2.45, 2.75) is 11.3 Å². The first-order valence-corrected chi connectivity index (χ1v) is 6.74. The molecule has 16 heavy (non-hydrogen) atoms. The molecule has 0 saturated carbocycles. The van der Waals surface area contributed by atoms with Crippen molar-refractivity contribution in [3.8, 4) is 11.5 Å². The number of sulfone groups is 1. The summed E-state index contributed by atoms with van der Waals surface area (Å²) in [6, 6.07) is 3.19. The molecule has 0 amide bonds. The van der Waals surface area contributed by atoms with E-state index in [0.29, 0.717) is 30.0 Å². The fourth-order valence-electron chi connectivity index (χ4n) is 1.66. The van der Waals surface area contributed by atoms with E-state index in [1.54, 1.807) is 6.07 Å². The number of nitrogens with two attached hydrogens (primary N) is 1. The van der Waals surface area contributed by atoms with Crippen LogP contribution in [-0.4, -0.2) is 28.0 Å². The summed E-state index contributed by atoms with van der Waals surface area (Å²) < 4.78 is 33.5. The van der Waals surface area contributed by atoms with Gasteiger partial charge in [-0.25, -0.2) is 8.42 Å². The van der Waals surface area contributed by atoms with Crippen LogP contribution in [0.2, 0.25) is 0 Å². The number of ether oxygens (including phenoxy) is 2. The van der Waals surface area contributed by atoms with Crippen LogP contribution in [0.4, 0.5) is 0 Å². The molecular weight excluding hydrogens is 230 g/mol. The second kappa shape index (κ2) is 3.95. The van der Waals surface area contributed by atoms with E-state index in [4.69, 9.17) is 15.2 Å². The molecule has 0 aromatic heterocycles. The van der Waals surface area contributed by atoms with E-state index in [9.17, 15) is 8.42 Å². The van der Waals surface area contributed by atoms with Crippen LogP contribution in [0, 0.1) is 0 Å². The van der Waals surface area contributed by atoms with Gasteiger partial charge in [-0.05, 0) is 24.6 Å². The maximum atomic E-state index is 11.6. The molecule has 0 bridgehead atoms. The van der Waals surface area contributed by atoms with Crippen molar-refractivity contribution in [2.24, 2.45) is 5.73 Å². The van der Waals surface area contributed by atoms with Crippen LogP contribution in [0.3, 0.4) is 0 Å². The largest absolute Gasteiger partial charge is 0.454 e. The highest BCUT2D eigenvalue weighted by molar-refractivity contribution is 7.90. The average Bonchev–Trinajstić information content (AvgIpc) is 2.62. The van der Waals surface area contributed by atoms with Gasteiger partial charge in [0.2, 0.25) is 6.79 Å². The van der Waals surface area contributed by atoms with Crippen LogP contribution >= 0.6 is 0 Å². The number of benzene rings is 1. The van der Waals surface area contributed by atoms with Gasteiger partial charge in [0.05, 0.1) is 4.90 Å². The molecule has 1 aromatic carbocycles. The lowest BCUT2D eigenvalue weighted by molar-refractivity contribution is 0.174. The first-order valence-electron chi connectivity index (χ1n) is 4.85. The minimum atomic E-state index is -3.27. The molecule has 1 aliphatic rings. The Labute approximate surface area is 94.1 Å². The van der Waals surface area contributed by atoms with Gasteiger partial charge in [-0.15, -0.1) is 0 Å².